The molecule has 2 amide bonds. The molecular formula is C20H13BrCl2N2O3. The summed E-state index contributed by atoms with van der Waals surface area (Å²) < 4.78 is 6.29. The van der Waals surface area contributed by atoms with Gasteiger partial charge in [0.1, 0.15) is 11.5 Å². The number of amides is 2. The Morgan fingerprint density at radius 1 is 1.00 bits per heavy atom. The van der Waals surface area contributed by atoms with Crippen LogP contribution in [0.3, 0.4) is 0 Å². The predicted molar refractivity (Wildman–Crippen MR) is 113 cm³/mol. The highest BCUT2D eigenvalue weighted by Crippen LogP contribution is 2.32. The molecule has 0 spiro atoms. The molecule has 2 aromatic carbocycles. The number of hydrazine groups is 1. The Kier molecular flexibility index (Phi) is 6.57. The van der Waals surface area contributed by atoms with Crippen molar-refractivity contribution in [2.24, 2.45) is 0 Å². The van der Waals surface area contributed by atoms with Crippen molar-refractivity contribution in [3.8, 4) is 11.3 Å². The van der Waals surface area contributed by atoms with Crippen molar-refractivity contribution in [3.63, 3.8) is 0 Å². The first-order valence-electron chi connectivity index (χ1n) is 8.02. The summed E-state index contributed by atoms with van der Waals surface area (Å²) in [4.78, 5) is 24.0. The fourth-order valence-electron chi connectivity index (χ4n) is 2.30. The Morgan fingerprint density at radius 2 is 1.79 bits per heavy atom. The van der Waals surface area contributed by atoms with Gasteiger partial charge in [-0.3, -0.25) is 20.4 Å². The normalized spacial score (nSPS) is 10.8. The summed E-state index contributed by atoms with van der Waals surface area (Å²) in [6.45, 7) is 0. The van der Waals surface area contributed by atoms with Crippen molar-refractivity contribution >= 4 is 57.0 Å². The van der Waals surface area contributed by atoms with Crippen LogP contribution in [0.15, 0.2) is 69.6 Å². The molecule has 0 bridgehead atoms. The summed E-state index contributed by atoms with van der Waals surface area (Å²) in [6.07, 6.45) is 2.71. The third kappa shape index (κ3) is 5.04. The second-order valence-electron chi connectivity index (χ2n) is 5.58. The van der Waals surface area contributed by atoms with Crippen LogP contribution in [0, 0.1) is 0 Å². The lowest BCUT2D eigenvalue weighted by atomic mass is 10.2. The minimum Gasteiger partial charge on any atom is -0.457 e. The van der Waals surface area contributed by atoms with Crippen LogP contribution in [0.1, 0.15) is 16.1 Å². The van der Waals surface area contributed by atoms with E-state index >= 15 is 0 Å². The standard InChI is InChI=1S/C20H13BrCl2N2O3/c21-16-4-2-1-3-14(16)20(27)25-24-19(26)10-7-13-6-9-18(28-13)15-11-12(22)5-8-17(15)23/h1-11H,(H,24,26)(H,25,27)/b10-7-. The maximum Gasteiger partial charge on any atom is 0.270 e. The number of hydrogen-bond donors (Lipinski definition) is 2. The summed E-state index contributed by atoms with van der Waals surface area (Å²) in [5.74, 6) is 0.0114. The summed E-state index contributed by atoms with van der Waals surface area (Å²) in [6, 6.07) is 15.4. The summed E-state index contributed by atoms with van der Waals surface area (Å²) in [7, 11) is 0. The quantitative estimate of drug-likeness (QED) is 0.384. The molecule has 5 nitrogen and oxygen atoms in total. The summed E-state index contributed by atoms with van der Waals surface area (Å²) >= 11 is 15.4. The first-order valence-corrected chi connectivity index (χ1v) is 9.57. The zero-order chi connectivity index (χ0) is 20.1. The van der Waals surface area contributed by atoms with Crippen LogP contribution >= 0.6 is 39.1 Å². The molecule has 0 unspecified atom stereocenters. The van der Waals surface area contributed by atoms with Crippen LogP contribution in [-0.4, -0.2) is 11.8 Å². The first-order chi connectivity index (χ1) is 13.4. The fraction of sp³-hybridized carbons (Fsp3) is 0. The number of furan rings is 1. The van der Waals surface area contributed by atoms with E-state index in [9.17, 15) is 9.59 Å². The molecule has 2 N–H and O–H groups in total. The van der Waals surface area contributed by atoms with Crippen molar-refractivity contribution in [1.82, 2.24) is 10.9 Å². The summed E-state index contributed by atoms with van der Waals surface area (Å²) in [5, 5.41) is 1.04. The molecule has 0 aliphatic heterocycles. The van der Waals surface area contributed by atoms with Crippen LogP contribution < -0.4 is 10.9 Å². The van der Waals surface area contributed by atoms with Gasteiger partial charge in [-0.2, -0.15) is 0 Å². The molecule has 142 valence electrons. The van der Waals surface area contributed by atoms with E-state index in [0.717, 1.165) is 0 Å². The lowest BCUT2D eigenvalue weighted by Gasteiger charge is -2.06. The second-order valence-corrected chi connectivity index (χ2v) is 7.28. The Balaban J connectivity index is 1.61. The maximum absolute atomic E-state index is 12.0. The van der Waals surface area contributed by atoms with Gasteiger partial charge in [0.15, 0.2) is 0 Å². The van der Waals surface area contributed by atoms with Crippen LogP contribution in [0.5, 0.6) is 0 Å². The van der Waals surface area contributed by atoms with Gasteiger partial charge in [0, 0.05) is 21.1 Å². The second kappa shape index (κ2) is 9.10. The number of nitrogens with one attached hydrogen (secondary N) is 2. The van der Waals surface area contributed by atoms with E-state index in [-0.39, 0.29) is 0 Å². The maximum atomic E-state index is 12.0. The SMILES string of the molecule is O=C(/C=C\c1ccc(-c2cc(Cl)ccc2Cl)o1)NNC(=O)c1ccccc1Br. The van der Waals surface area contributed by atoms with Gasteiger partial charge in [-0.1, -0.05) is 35.3 Å². The molecule has 0 radical (unpaired) electrons. The van der Waals surface area contributed by atoms with Gasteiger partial charge in [0.25, 0.3) is 11.8 Å². The lowest BCUT2D eigenvalue weighted by molar-refractivity contribution is -0.117. The number of halogens is 3. The van der Waals surface area contributed by atoms with Crippen LogP contribution in [0.25, 0.3) is 17.4 Å². The Morgan fingerprint density at radius 3 is 2.57 bits per heavy atom. The molecule has 28 heavy (non-hydrogen) atoms. The molecule has 0 saturated heterocycles. The largest absolute Gasteiger partial charge is 0.457 e. The monoisotopic (exact) mass is 478 g/mol. The van der Waals surface area contributed by atoms with Gasteiger partial charge in [-0.25, -0.2) is 0 Å². The smallest absolute Gasteiger partial charge is 0.270 e. The van der Waals surface area contributed by atoms with E-state index in [1.807, 2.05) is 0 Å². The third-order valence-corrected chi connectivity index (χ3v) is 4.89. The topological polar surface area (TPSA) is 71.3 Å². The zero-order valence-corrected chi connectivity index (χ0v) is 17.3. The number of carbonyl (C=O) groups excluding carboxylic acids is 2. The van der Waals surface area contributed by atoms with Gasteiger partial charge in [0.2, 0.25) is 0 Å². The van der Waals surface area contributed by atoms with E-state index in [0.29, 0.717) is 37.2 Å². The van der Waals surface area contributed by atoms with Gasteiger partial charge in [-0.15, -0.1) is 0 Å². The average Bonchev–Trinajstić information content (AvgIpc) is 3.15. The molecular weight excluding hydrogens is 467 g/mol. The number of benzene rings is 2. The van der Waals surface area contributed by atoms with Crippen LogP contribution in [0.4, 0.5) is 0 Å². The Hall–Kier alpha value is -2.54. The van der Waals surface area contributed by atoms with Crippen molar-refractivity contribution in [3.05, 3.63) is 86.5 Å². The van der Waals surface area contributed by atoms with Crippen molar-refractivity contribution < 1.29 is 14.0 Å². The lowest BCUT2D eigenvalue weighted by Crippen LogP contribution is -2.40. The van der Waals surface area contributed by atoms with Gasteiger partial charge >= 0.3 is 0 Å². The molecule has 1 aromatic heterocycles. The van der Waals surface area contributed by atoms with Gasteiger partial charge in [-0.05, 0) is 64.5 Å². The van der Waals surface area contributed by atoms with E-state index in [2.05, 4.69) is 26.8 Å². The molecule has 3 rings (SSSR count). The van der Waals surface area contributed by atoms with Crippen molar-refractivity contribution in [2.45, 2.75) is 0 Å². The average molecular weight is 480 g/mol. The minimum atomic E-state index is -0.515. The minimum absolute atomic E-state index is 0.404. The molecule has 0 aliphatic carbocycles. The van der Waals surface area contributed by atoms with E-state index in [1.54, 1.807) is 54.6 Å². The van der Waals surface area contributed by atoms with Crippen molar-refractivity contribution in [1.29, 1.82) is 0 Å². The highest BCUT2D eigenvalue weighted by molar-refractivity contribution is 9.10. The van der Waals surface area contributed by atoms with Crippen LogP contribution in [0.2, 0.25) is 10.0 Å². The molecule has 3 aromatic rings. The third-order valence-electron chi connectivity index (χ3n) is 3.64. The zero-order valence-electron chi connectivity index (χ0n) is 14.2. The van der Waals surface area contributed by atoms with E-state index in [4.69, 9.17) is 27.6 Å². The Labute approximate surface area is 179 Å². The molecule has 0 atom stereocenters. The summed E-state index contributed by atoms with van der Waals surface area (Å²) in [5.41, 5.74) is 5.70. The molecule has 0 fully saturated rings. The van der Waals surface area contributed by atoms with Crippen molar-refractivity contribution in [2.75, 3.05) is 0 Å². The number of hydrogen-bond acceptors (Lipinski definition) is 3. The fourth-order valence-corrected chi connectivity index (χ4v) is 3.15. The molecule has 1 heterocycles. The van der Waals surface area contributed by atoms with Gasteiger partial charge in [0.05, 0.1) is 10.6 Å². The highest BCUT2D eigenvalue weighted by atomic mass is 79.9. The van der Waals surface area contributed by atoms with E-state index in [1.165, 1.54) is 12.2 Å². The van der Waals surface area contributed by atoms with E-state index < -0.39 is 11.8 Å². The molecule has 8 heteroatoms. The van der Waals surface area contributed by atoms with Gasteiger partial charge < -0.3 is 4.42 Å². The first kappa shape index (κ1) is 20.2. The number of rotatable bonds is 4. The predicted octanol–water partition coefficient (Wildman–Crippen LogP) is 5.49. The number of carbonyl (C=O) groups is 2. The highest BCUT2D eigenvalue weighted by Gasteiger charge is 2.10. The Bertz CT molecular complexity index is 1060. The molecule has 0 saturated carbocycles. The molecule has 0 aliphatic rings. The van der Waals surface area contributed by atoms with Crippen LogP contribution in [-0.2, 0) is 4.79 Å².